The summed E-state index contributed by atoms with van der Waals surface area (Å²) in [5.74, 6) is 0. The van der Waals surface area contributed by atoms with Gasteiger partial charge >= 0.3 is 0 Å². The second-order valence-corrected chi connectivity index (χ2v) is 3.20. The normalized spacial score (nSPS) is 8.57. The van der Waals surface area contributed by atoms with E-state index in [1.807, 2.05) is 29.8 Å². The molecule has 0 radical (unpaired) electrons. The van der Waals surface area contributed by atoms with Crippen LogP contribution >= 0.6 is 11.3 Å². The van der Waals surface area contributed by atoms with Crippen LogP contribution in [0, 0.1) is 0 Å². The van der Waals surface area contributed by atoms with Crippen molar-refractivity contribution in [2.45, 2.75) is 0 Å². The minimum absolute atomic E-state index is 0.250. The van der Waals surface area contributed by atoms with Gasteiger partial charge in [0.15, 0.2) is 0 Å². The Labute approximate surface area is 85.7 Å². The first-order valence-corrected chi connectivity index (χ1v) is 4.79. The standard InChI is InChI=1S/C9H7NS.CH2O2/c1-2-4-8(5-3-1)9-10-6-7-11-9;2-1-3/h1-7H;1H,(H,2,3). The highest BCUT2D eigenvalue weighted by Crippen LogP contribution is 2.20. The van der Waals surface area contributed by atoms with Crippen LogP contribution in [0.25, 0.3) is 10.6 Å². The van der Waals surface area contributed by atoms with Crippen molar-refractivity contribution < 1.29 is 9.90 Å². The van der Waals surface area contributed by atoms with Gasteiger partial charge in [0.1, 0.15) is 5.01 Å². The Morgan fingerprint density at radius 3 is 2.43 bits per heavy atom. The maximum atomic E-state index is 8.36. The molecule has 3 nitrogen and oxygen atoms in total. The fourth-order valence-corrected chi connectivity index (χ4v) is 1.59. The van der Waals surface area contributed by atoms with Gasteiger partial charge in [-0.2, -0.15) is 0 Å². The third-order valence-electron chi connectivity index (χ3n) is 1.45. The van der Waals surface area contributed by atoms with Crippen LogP contribution in [0.3, 0.4) is 0 Å². The zero-order valence-corrected chi connectivity index (χ0v) is 8.15. The average molecular weight is 207 g/mol. The van der Waals surface area contributed by atoms with Crippen LogP contribution in [-0.4, -0.2) is 16.6 Å². The topological polar surface area (TPSA) is 50.2 Å². The van der Waals surface area contributed by atoms with E-state index < -0.39 is 0 Å². The number of aromatic nitrogens is 1. The summed E-state index contributed by atoms with van der Waals surface area (Å²) in [5, 5.41) is 9.97. The quantitative estimate of drug-likeness (QED) is 0.731. The van der Waals surface area contributed by atoms with Gasteiger partial charge < -0.3 is 5.11 Å². The van der Waals surface area contributed by atoms with Crippen LogP contribution in [0.1, 0.15) is 0 Å². The van der Waals surface area contributed by atoms with Gasteiger partial charge in [-0.15, -0.1) is 11.3 Å². The molecular formula is C10H9NO2S. The minimum Gasteiger partial charge on any atom is -0.483 e. The van der Waals surface area contributed by atoms with E-state index in [0.717, 1.165) is 5.01 Å². The number of hydrogen-bond acceptors (Lipinski definition) is 3. The highest BCUT2D eigenvalue weighted by Gasteiger charge is 1.95. The van der Waals surface area contributed by atoms with Crippen LogP contribution in [0.4, 0.5) is 0 Å². The predicted molar refractivity (Wildman–Crippen MR) is 56.2 cm³/mol. The molecule has 72 valence electrons. The molecule has 2 rings (SSSR count). The predicted octanol–water partition coefficient (Wildman–Crippen LogP) is 2.51. The number of thiazole rings is 1. The van der Waals surface area contributed by atoms with E-state index in [1.165, 1.54) is 5.56 Å². The van der Waals surface area contributed by atoms with Crippen molar-refractivity contribution in [3.05, 3.63) is 41.9 Å². The van der Waals surface area contributed by atoms with Crippen molar-refractivity contribution in [1.82, 2.24) is 4.98 Å². The Hall–Kier alpha value is -1.68. The first kappa shape index (κ1) is 10.4. The Morgan fingerprint density at radius 1 is 1.29 bits per heavy atom. The Morgan fingerprint density at radius 2 is 1.93 bits per heavy atom. The smallest absolute Gasteiger partial charge is 0.290 e. The van der Waals surface area contributed by atoms with Crippen LogP contribution in [0.2, 0.25) is 0 Å². The van der Waals surface area contributed by atoms with E-state index in [9.17, 15) is 0 Å². The molecule has 1 heterocycles. The monoisotopic (exact) mass is 207 g/mol. The van der Waals surface area contributed by atoms with E-state index in [-0.39, 0.29) is 6.47 Å². The second kappa shape index (κ2) is 5.88. The molecule has 0 spiro atoms. The molecule has 0 saturated heterocycles. The van der Waals surface area contributed by atoms with Gasteiger partial charge in [-0.25, -0.2) is 4.98 Å². The molecule has 0 unspecified atom stereocenters. The zero-order chi connectivity index (χ0) is 10.2. The maximum absolute atomic E-state index is 8.36. The summed E-state index contributed by atoms with van der Waals surface area (Å²) in [6, 6.07) is 10.2. The molecule has 0 saturated carbocycles. The lowest BCUT2D eigenvalue weighted by atomic mass is 10.2. The zero-order valence-electron chi connectivity index (χ0n) is 7.33. The van der Waals surface area contributed by atoms with Crippen molar-refractivity contribution in [3.63, 3.8) is 0 Å². The van der Waals surface area contributed by atoms with E-state index in [0.29, 0.717) is 0 Å². The third kappa shape index (κ3) is 2.99. The van der Waals surface area contributed by atoms with Crippen LogP contribution < -0.4 is 0 Å². The minimum atomic E-state index is -0.250. The fourth-order valence-electron chi connectivity index (χ4n) is 0.947. The van der Waals surface area contributed by atoms with Crippen LogP contribution in [-0.2, 0) is 4.79 Å². The molecule has 0 aliphatic rings. The van der Waals surface area contributed by atoms with E-state index in [1.54, 1.807) is 11.3 Å². The summed E-state index contributed by atoms with van der Waals surface area (Å²) >= 11 is 1.66. The summed E-state index contributed by atoms with van der Waals surface area (Å²) in [7, 11) is 0. The summed E-state index contributed by atoms with van der Waals surface area (Å²) in [5.41, 5.74) is 1.20. The first-order chi connectivity index (χ1) is 6.88. The molecule has 2 aromatic rings. The Kier molecular flexibility index (Phi) is 4.37. The number of rotatable bonds is 1. The molecule has 0 fully saturated rings. The molecule has 1 aromatic heterocycles. The number of carbonyl (C=O) groups is 1. The molecule has 4 heteroatoms. The lowest BCUT2D eigenvalue weighted by Crippen LogP contribution is -1.71. The molecule has 0 bridgehead atoms. The number of nitrogens with zero attached hydrogens (tertiary/aromatic N) is 1. The molecule has 0 aliphatic heterocycles. The van der Waals surface area contributed by atoms with Gasteiger partial charge in [0.2, 0.25) is 0 Å². The van der Waals surface area contributed by atoms with Crippen LogP contribution in [0.15, 0.2) is 41.9 Å². The van der Waals surface area contributed by atoms with E-state index in [4.69, 9.17) is 9.90 Å². The summed E-state index contributed by atoms with van der Waals surface area (Å²) < 4.78 is 0. The summed E-state index contributed by atoms with van der Waals surface area (Å²) in [6.45, 7) is -0.250. The molecule has 1 N–H and O–H groups in total. The average Bonchev–Trinajstić information content (AvgIpc) is 2.73. The van der Waals surface area contributed by atoms with Crippen molar-refractivity contribution in [2.75, 3.05) is 0 Å². The first-order valence-electron chi connectivity index (χ1n) is 3.91. The summed E-state index contributed by atoms with van der Waals surface area (Å²) in [4.78, 5) is 12.6. The van der Waals surface area contributed by atoms with Gasteiger partial charge in [-0.3, -0.25) is 4.79 Å². The number of benzene rings is 1. The fraction of sp³-hybridized carbons (Fsp3) is 0. The Bertz CT molecular complexity index is 359. The number of hydrogen-bond donors (Lipinski definition) is 1. The maximum Gasteiger partial charge on any atom is 0.290 e. The highest BCUT2D eigenvalue weighted by molar-refractivity contribution is 7.13. The SMILES string of the molecule is O=CO.c1ccc(-c2nccs2)cc1. The van der Waals surface area contributed by atoms with Crippen molar-refractivity contribution >= 4 is 17.8 Å². The van der Waals surface area contributed by atoms with Crippen molar-refractivity contribution in [2.24, 2.45) is 0 Å². The lowest BCUT2D eigenvalue weighted by Gasteiger charge is -1.91. The largest absolute Gasteiger partial charge is 0.483 e. The third-order valence-corrected chi connectivity index (χ3v) is 2.28. The molecule has 1 aromatic carbocycles. The highest BCUT2D eigenvalue weighted by atomic mass is 32.1. The Balaban J connectivity index is 0.000000293. The van der Waals surface area contributed by atoms with Gasteiger partial charge in [0.05, 0.1) is 0 Å². The van der Waals surface area contributed by atoms with E-state index >= 15 is 0 Å². The second-order valence-electron chi connectivity index (χ2n) is 2.31. The lowest BCUT2D eigenvalue weighted by molar-refractivity contribution is -0.122. The van der Waals surface area contributed by atoms with Gasteiger partial charge in [0, 0.05) is 17.1 Å². The van der Waals surface area contributed by atoms with E-state index in [2.05, 4.69) is 17.1 Å². The molecular weight excluding hydrogens is 198 g/mol. The molecule has 0 amide bonds. The van der Waals surface area contributed by atoms with Gasteiger partial charge in [-0.1, -0.05) is 30.3 Å². The van der Waals surface area contributed by atoms with Crippen molar-refractivity contribution in [1.29, 1.82) is 0 Å². The molecule has 0 atom stereocenters. The van der Waals surface area contributed by atoms with Crippen LogP contribution in [0.5, 0.6) is 0 Å². The number of carboxylic acid groups (broad SMARTS) is 1. The molecule has 0 aliphatic carbocycles. The van der Waals surface area contributed by atoms with Gasteiger partial charge in [0.25, 0.3) is 6.47 Å². The molecule has 14 heavy (non-hydrogen) atoms. The summed E-state index contributed by atoms with van der Waals surface area (Å²) in [6.07, 6.45) is 1.83. The van der Waals surface area contributed by atoms with Gasteiger partial charge in [-0.05, 0) is 0 Å². The van der Waals surface area contributed by atoms with Crippen molar-refractivity contribution in [3.8, 4) is 10.6 Å².